The van der Waals surface area contributed by atoms with Gasteiger partial charge in [0.15, 0.2) is 6.29 Å². The molecule has 0 bridgehead atoms. The van der Waals surface area contributed by atoms with E-state index in [0.717, 1.165) is 33.4 Å². The quantitative estimate of drug-likeness (QED) is 0.00770. The third kappa shape index (κ3) is 19.1. The summed E-state index contributed by atoms with van der Waals surface area (Å²) in [5.74, 6) is -4.45. The molecule has 1 radical (unpaired) electrons. The molecule has 9 unspecified atom stereocenters. The van der Waals surface area contributed by atoms with Crippen molar-refractivity contribution < 1.29 is 80.0 Å². The van der Waals surface area contributed by atoms with Crippen LogP contribution in [0.25, 0.3) is 20.9 Å². The summed E-state index contributed by atoms with van der Waals surface area (Å²) in [5.41, 5.74) is 21.8. The van der Waals surface area contributed by atoms with Crippen LogP contribution in [-0.2, 0) is 81.9 Å². The summed E-state index contributed by atoms with van der Waals surface area (Å²) >= 11 is 0. The monoisotopic (exact) mass is 1510 g/mol. The van der Waals surface area contributed by atoms with Crippen molar-refractivity contribution >= 4 is 77.7 Å². The molecule has 23 nitrogen and oxygen atoms in total. The predicted octanol–water partition coefficient (Wildman–Crippen LogP) is 11.7. The Morgan fingerprint density at radius 2 is 0.879 bits per heavy atom. The van der Waals surface area contributed by atoms with Gasteiger partial charge in [-0.1, -0.05) is 149 Å². The van der Waals surface area contributed by atoms with Gasteiger partial charge in [0.25, 0.3) is 8.32 Å². The standard InChI is InChI=1S/C79H100B2N6O17PSi2/c1-49-53(5)97-64(46-93-55(7)89)72(70(49)94-44-56-32-20-14-21-33-56)104-75-66(84-86-82)51(3)68(65(99-75)48-96-107(79(11,12)13,60-40-28-18-29-41-60)61-42-30-19-31-43-61)103-77-71(101-74(90)57-34-22-15-23-35-57)52(4)69(63(100-77)45-92-54(6)88)102-76-67(85-87-83)73(105-81-80-91)50(2)62(98-76)47-95-106(78(8,9)10,58-36-24-16-25-37-58)59-38-26-17-27-39-59/h14-43,49-53,62-73,75-77,105H,44-48H2,1-13H3/t49?,50-,51-,52+,53+,62?,63?,64?,65?,66?,67?,68+,69+,70+,71?,72-,73+,75+,76+,77+/m1/s1. The Labute approximate surface area is 633 Å². The van der Waals surface area contributed by atoms with Gasteiger partial charge in [-0.25, -0.2) is 0 Å². The van der Waals surface area contributed by atoms with Crippen LogP contribution in [0.4, 0.5) is 0 Å². The van der Waals surface area contributed by atoms with Crippen molar-refractivity contribution in [3.63, 3.8) is 0 Å². The molecular weight excluding hydrogens is 1410 g/mol. The van der Waals surface area contributed by atoms with E-state index in [4.69, 9.17) is 61.0 Å². The first-order chi connectivity index (χ1) is 51.3. The maximum atomic E-state index is 14.9. The number of ether oxygens (including phenoxy) is 11. The van der Waals surface area contributed by atoms with Crippen LogP contribution in [-0.4, -0.2) is 173 Å². The molecule has 0 N–H and O–H groups in total. The normalized spacial score (nSPS) is 29.1. The van der Waals surface area contributed by atoms with Gasteiger partial charge in [0, 0.05) is 17.8 Å². The van der Waals surface area contributed by atoms with Gasteiger partial charge in [-0.15, -0.1) is 0 Å². The van der Waals surface area contributed by atoms with Crippen molar-refractivity contribution in [1.82, 2.24) is 0 Å². The molecule has 0 aliphatic carbocycles. The predicted molar refractivity (Wildman–Crippen MR) is 413 cm³/mol. The first-order valence-electron chi connectivity index (χ1n) is 36.7. The average molecular weight is 1510 g/mol. The number of esters is 3. The van der Waals surface area contributed by atoms with Gasteiger partial charge >= 0.3 is 314 Å². The Kier molecular flexibility index (Phi) is 28.8. The number of rotatable bonds is 30. The van der Waals surface area contributed by atoms with Gasteiger partial charge in [-0.05, 0) is 51.5 Å². The molecule has 0 spiro atoms. The molecule has 4 aliphatic heterocycles. The molecule has 6 aromatic rings. The zero-order valence-electron chi connectivity index (χ0n) is 63.2. The Morgan fingerprint density at radius 1 is 0.477 bits per heavy atom. The van der Waals surface area contributed by atoms with E-state index in [0.29, 0.717) is 0 Å². The van der Waals surface area contributed by atoms with Crippen molar-refractivity contribution in [2.24, 2.45) is 33.9 Å². The van der Waals surface area contributed by atoms with Crippen LogP contribution < -0.4 is 20.7 Å². The maximum absolute atomic E-state index is 14.9. The molecule has 6 aromatic carbocycles. The molecule has 107 heavy (non-hydrogen) atoms. The van der Waals surface area contributed by atoms with Gasteiger partial charge in [-0.2, -0.15) is 0 Å². The van der Waals surface area contributed by atoms with Gasteiger partial charge in [-0.3, -0.25) is 4.79 Å². The number of carbonyl (C=O) groups is 3. The van der Waals surface area contributed by atoms with Crippen LogP contribution in [0.5, 0.6) is 0 Å². The van der Waals surface area contributed by atoms with E-state index >= 15 is 0 Å². The fourth-order valence-electron chi connectivity index (χ4n) is 15.6. The van der Waals surface area contributed by atoms with Crippen molar-refractivity contribution in [1.29, 1.82) is 0 Å². The van der Waals surface area contributed by atoms with Gasteiger partial charge in [0.1, 0.15) is 24.9 Å². The zero-order chi connectivity index (χ0) is 76.6. The van der Waals surface area contributed by atoms with Crippen LogP contribution in [0.2, 0.25) is 10.1 Å². The Balaban J connectivity index is 1.07. The van der Waals surface area contributed by atoms with Crippen LogP contribution in [0.1, 0.15) is 106 Å². The second-order valence-corrected chi connectivity index (χ2v) is 40.1. The number of carbonyl (C=O) groups excluding carboxylic acids is 3. The second-order valence-electron chi connectivity index (χ2n) is 30.2. The summed E-state index contributed by atoms with van der Waals surface area (Å²) in [6, 6.07) is 56.4. The molecule has 4 heterocycles. The van der Waals surface area contributed by atoms with E-state index in [-0.39, 0.29) is 52.3 Å². The van der Waals surface area contributed by atoms with Crippen LogP contribution in [0.3, 0.4) is 0 Å². The minimum atomic E-state index is -3.45. The van der Waals surface area contributed by atoms with E-state index in [9.17, 15) is 30.2 Å². The fourth-order valence-corrected chi connectivity index (χ4v) is 26.0. The Bertz CT molecular complexity index is 3880. The Morgan fingerprint density at radius 3 is 1.36 bits per heavy atom. The van der Waals surface area contributed by atoms with Gasteiger partial charge < -0.3 is 28.1 Å². The van der Waals surface area contributed by atoms with Gasteiger partial charge in [0.2, 0.25) is 0 Å². The van der Waals surface area contributed by atoms with Crippen molar-refractivity contribution in [3.8, 4) is 0 Å². The molecule has 0 aromatic heterocycles. The summed E-state index contributed by atoms with van der Waals surface area (Å²) in [7, 11) is -6.11. The van der Waals surface area contributed by atoms with E-state index < -0.39 is 161 Å². The number of azide groups is 2. The SMILES string of the molecule is CC(=O)OCC1O[C@@H](O[C@@H]2C(CO[Si](c3ccccc3)(c3ccccc3)C(C)(C)C)O[C@@H](O[C@@H]3C(COC(C)=O)O[C@@H](C)C(C)[C@@H]3OCc3ccccc3)C(N=[N+]=[N-])[C@H]2C)C(OC(=O)c2ccccc2)[C@@H](C)[C@@H]1O[C@@H]1OC(CO[Si](c2ccccc2)(c2ccccc2)C(C)(C)C)[C@@H](C)[C@H](P[B]B=O)C1N=[N+]=[N-]. The molecule has 21 atom stereocenters. The molecule has 28 heteroatoms. The van der Waals surface area contributed by atoms with E-state index in [2.05, 4.69) is 110 Å². The van der Waals surface area contributed by atoms with Crippen LogP contribution in [0.15, 0.2) is 192 Å². The summed E-state index contributed by atoms with van der Waals surface area (Å²) in [5, 5.41) is 11.9. The topological polar surface area (TPSA) is 286 Å². The third-order valence-electron chi connectivity index (χ3n) is 21.2. The van der Waals surface area contributed by atoms with Crippen LogP contribution in [0, 0.1) is 23.7 Å². The molecule has 10 rings (SSSR count). The van der Waals surface area contributed by atoms with Crippen LogP contribution >= 0.6 is 8.46 Å². The first-order valence-corrected chi connectivity index (χ1v) is 41.7. The van der Waals surface area contributed by atoms with Crippen molar-refractivity contribution in [2.75, 3.05) is 26.4 Å². The fraction of sp³-hybridized carbons (Fsp3) is 0.506. The summed E-state index contributed by atoms with van der Waals surface area (Å²) in [4.78, 5) is 47.5. The minimum absolute atomic E-state index is 0.0513. The first kappa shape index (κ1) is 82.2. The van der Waals surface area contributed by atoms with E-state index in [1.165, 1.54) is 20.7 Å². The van der Waals surface area contributed by atoms with Crippen molar-refractivity contribution in [3.05, 3.63) is 214 Å². The molecule has 0 saturated carbocycles. The molecule has 4 fully saturated rings. The number of hydrogen-bond donors (Lipinski definition) is 0. The molecule has 4 saturated heterocycles. The molecule has 567 valence electrons. The van der Waals surface area contributed by atoms with Gasteiger partial charge in [0.05, 0.1) is 31.5 Å². The van der Waals surface area contributed by atoms with E-state index in [1.54, 1.807) is 37.3 Å². The summed E-state index contributed by atoms with van der Waals surface area (Å²) in [6.45, 7) is 26.0. The summed E-state index contributed by atoms with van der Waals surface area (Å²) < 4.78 is 103. The molecule has 0 amide bonds. The summed E-state index contributed by atoms with van der Waals surface area (Å²) in [6.07, 6.45) is -14.2. The second kappa shape index (κ2) is 37.4. The third-order valence-corrected chi connectivity index (χ3v) is 32.8. The Hall–Kier alpha value is -7.26. The van der Waals surface area contributed by atoms with Crippen molar-refractivity contribution in [2.45, 2.75) is 204 Å². The number of benzene rings is 6. The zero-order valence-corrected chi connectivity index (χ0v) is 66.2. The average Bonchev–Trinajstić information content (AvgIpc) is 0.747. The number of hydrogen-bond acceptors (Lipinski definition) is 19. The van der Waals surface area contributed by atoms with E-state index in [1.807, 2.05) is 131 Å². The molecule has 4 aliphatic rings. The number of nitrogens with zero attached hydrogens (tertiary/aromatic N) is 6. The molecular formula is C79H100B2N6O17PSi2.